The molecule has 0 bridgehead atoms. The minimum absolute atomic E-state index is 0.0601. The summed E-state index contributed by atoms with van der Waals surface area (Å²) >= 11 is 0. The van der Waals surface area contributed by atoms with E-state index in [0.717, 1.165) is 38.3 Å². The highest BCUT2D eigenvalue weighted by molar-refractivity contribution is 5.98. The van der Waals surface area contributed by atoms with Crippen LogP contribution in [0.2, 0.25) is 0 Å². The Morgan fingerprint density at radius 3 is 2.95 bits per heavy atom. The third kappa shape index (κ3) is 4.11. The van der Waals surface area contributed by atoms with Crippen LogP contribution in [0.4, 0.5) is 5.69 Å². The van der Waals surface area contributed by atoms with Crippen LogP contribution in [0.1, 0.15) is 30.6 Å². The molecule has 0 fully saturated rings. The van der Waals surface area contributed by atoms with Gasteiger partial charge in [0.2, 0.25) is 0 Å². The maximum Gasteiger partial charge on any atom is 0.255 e. The Bertz CT molecular complexity index is 473. The zero-order chi connectivity index (χ0) is 15.1. The van der Waals surface area contributed by atoms with Gasteiger partial charge in [-0.2, -0.15) is 0 Å². The molecule has 2 rings (SSSR count). The summed E-state index contributed by atoms with van der Waals surface area (Å²) in [5.74, 6) is 0.611. The first-order valence-electron chi connectivity index (χ1n) is 7.76. The molecule has 1 aromatic rings. The van der Waals surface area contributed by atoms with E-state index in [9.17, 15) is 4.79 Å². The molecule has 1 aromatic carbocycles. The van der Waals surface area contributed by atoms with Crippen LogP contribution >= 0.6 is 0 Å². The van der Waals surface area contributed by atoms with Crippen LogP contribution < -0.4 is 15.4 Å². The summed E-state index contributed by atoms with van der Waals surface area (Å²) in [4.78, 5) is 14.6. The molecule has 5 nitrogen and oxygen atoms in total. The van der Waals surface area contributed by atoms with E-state index in [4.69, 9.17) is 4.74 Å². The number of anilines is 1. The van der Waals surface area contributed by atoms with Gasteiger partial charge in [0.25, 0.3) is 5.91 Å². The molecule has 116 valence electrons. The molecule has 0 atom stereocenters. The van der Waals surface area contributed by atoms with Crippen LogP contribution in [-0.4, -0.2) is 50.1 Å². The van der Waals surface area contributed by atoms with Gasteiger partial charge in [0, 0.05) is 13.1 Å². The Kier molecular flexibility index (Phi) is 5.87. The zero-order valence-electron chi connectivity index (χ0n) is 12.9. The van der Waals surface area contributed by atoms with Crippen molar-refractivity contribution in [1.29, 1.82) is 0 Å². The fourth-order valence-corrected chi connectivity index (χ4v) is 2.49. The summed E-state index contributed by atoms with van der Waals surface area (Å²) in [5.41, 5.74) is 1.51. The largest absolute Gasteiger partial charge is 0.489 e. The van der Waals surface area contributed by atoms with Gasteiger partial charge >= 0.3 is 0 Å². The number of rotatable bonds is 7. The molecule has 21 heavy (non-hydrogen) atoms. The van der Waals surface area contributed by atoms with Crippen molar-refractivity contribution in [3.05, 3.63) is 23.8 Å². The van der Waals surface area contributed by atoms with Crippen molar-refractivity contribution in [3.8, 4) is 5.75 Å². The lowest BCUT2D eigenvalue weighted by atomic mass is 10.1. The van der Waals surface area contributed by atoms with Gasteiger partial charge in [-0.1, -0.05) is 19.9 Å². The van der Waals surface area contributed by atoms with E-state index in [-0.39, 0.29) is 5.91 Å². The van der Waals surface area contributed by atoms with Gasteiger partial charge in [0.05, 0.1) is 11.3 Å². The van der Waals surface area contributed by atoms with Crippen LogP contribution in [0.25, 0.3) is 0 Å². The number of fused-ring (bicyclic) bond motifs is 1. The number of benzene rings is 1. The molecule has 0 unspecified atom stereocenters. The van der Waals surface area contributed by atoms with Crippen LogP contribution in [0, 0.1) is 0 Å². The standard InChI is InChI=1S/C16H25N3O2/c1-3-19(4-2)11-6-9-18-16(20)13-7-5-8-14-15(13)21-12-10-17-14/h5,7-8,17H,3-4,6,9-12H2,1-2H3,(H,18,20). The highest BCUT2D eigenvalue weighted by Crippen LogP contribution is 2.30. The lowest BCUT2D eigenvalue weighted by Crippen LogP contribution is -2.30. The van der Waals surface area contributed by atoms with Crippen molar-refractivity contribution in [1.82, 2.24) is 10.2 Å². The average molecular weight is 291 g/mol. The lowest BCUT2D eigenvalue weighted by molar-refractivity contribution is 0.0947. The van der Waals surface area contributed by atoms with E-state index in [1.807, 2.05) is 18.2 Å². The fourth-order valence-electron chi connectivity index (χ4n) is 2.49. The Morgan fingerprint density at radius 2 is 2.19 bits per heavy atom. The van der Waals surface area contributed by atoms with Crippen molar-refractivity contribution < 1.29 is 9.53 Å². The number of hydrogen-bond acceptors (Lipinski definition) is 4. The molecule has 1 aliphatic heterocycles. The molecule has 5 heteroatoms. The second kappa shape index (κ2) is 7.88. The molecule has 0 aliphatic carbocycles. The Labute approximate surface area is 126 Å². The Hall–Kier alpha value is -1.75. The molecule has 2 N–H and O–H groups in total. The number of nitrogens with one attached hydrogen (secondary N) is 2. The van der Waals surface area contributed by atoms with E-state index in [1.165, 1.54) is 0 Å². The van der Waals surface area contributed by atoms with Gasteiger partial charge in [-0.25, -0.2) is 0 Å². The first-order valence-corrected chi connectivity index (χ1v) is 7.76. The van der Waals surface area contributed by atoms with E-state index >= 15 is 0 Å². The van der Waals surface area contributed by atoms with Gasteiger partial charge in [0.15, 0.2) is 5.75 Å². The van der Waals surface area contributed by atoms with Crippen LogP contribution in [0.5, 0.6) is 5.75 Å². The predicted molar refractivity (Wildman–Crippen MR) is 85.2 cm³/mol. The number of amides is 1. The summed E-state index contributed by atoms with van der Waals surface area (Å²) in [6.07, 6.45) is 0.960. The molecule has 0 spiro atoms. The maximum absolute atomic E-state index is 12.3. The Morgan fingerprint density at radius 1 is 1.38 bits per heavy atom. The first-order chi connectivity index (χ1) is 10.3. The number of hydrogen-bond donors (Lipinski definition) is 2. The van der Waals surface area contributed by atoms with Crippen LogP contribution in [0.15, 0.2) is 18.2 Å². The molecule has 1 heterocycles. The second-order valence-corrected chi connectivity index (χ2v) is 5.09. The first kappa shape index (κ1) is 15.6. The number of ether oxygens (including phenoxy) is 1. The van der Waals surface area contributed by atoms with Gasteiger partial charge in [-0.15, -0.1) is 0 Å². The summed E-state index contributed by atoms with van der Waals surface area (Å²) < 4.78 is 5.62. The summed E-state index contributed by atoms with van der Waals surface area (Å²) in [6, 6.07) is 5.63. The monoisotopic (exact) mass is 291 g/mol. The molecule has 0 aromatic heterocycles. The molecule has 0 radical (unpaired) electrons. The maximum atomic E-state index is 12.3. The average Bonchev–Trinajstić information content (AvgIpc) is 2.54. The second-order valence-electron chi connectivity index (χ2n) is 5.09. The fraction of sp³-hybridized carbons (Fsp3) is 0.562. The summed E-state index contributed by atoms with van der Waals surface area (Å²) in [5, 5.41) is 6.22. The smallest absolute Gasteiger partial charge is 0.255 e. The quantitative estimate of drug-likeness (QED) is 0.754. The van der Waals surface area contributed by atoms with Gasteiger partial charge in [-0.05, 0) is 38.2 Å². The van der Waals surface area contributed by atoms with Gasteiger partial charge < -0.3 is 20.3 Å². The van der Waals surface area contributed by atoms with Crippen molar-refractivity contribution in [2.24, 2.45) is 0 Å². The highest BCUT2D eigenvalue weighted by atomic mass is 16.5. The number of carbonyl (C=O) groups excluding carboxylic acids is 1. The van der Waals surface area contributed by atoms with Crippen molar-refractivity contribution in [2.45, 2.75) is 20.3 Å². The minimum Gasteiger partial charge on any atom is -0.489 e. The number of carbonyl (C=O) groups is 1. The normalized spacial score (nSPS) is 13.3. The Balaban J connectivity index is 1.86. The number of para-hydroxylation sites is 1. The van der Waals surface area contributed by atoms with Crippen LogP contribution in [0.3, 0.4) is 0 Å². The van der Waals surface area contributed by atoms with E-state index < -0.39 is 0 Å². The predicted octanol–water partition coefficient (Wildman–Crippen LogP) is 1.95. The molecule has 0 saturated carbocycles. The van der Waals surface area contributed by atoms with Gasteiger partial charge in [-0.3, -0.25) is 4.79 Å². The van der Waals surface area contributed by atoms with Crippen molar-refractivity contribution >= 4 is 11.6 Å². The molecule has 1 amide bonds. The van der Waals surface area contributed by atoms with E-state index in [2.05, 4.69) is 29.4 Å². The topological polar surface area (TPSA) is 53.6 Å². The summed E-state index contributed by atoms with van der Waals surface area (Å²) in [7, 11) is 0. The van der Waals surface area contributed by atoms with E-state index in [1.54, 1.807) is 0 Å². The SMILES string of the molecule is CCN(CC)CCCNC(=O)c1cccc2c1OCCN2. The minimum atomic E-state index is -0.0601. The molecule has 0 saturated heterocycles. The third-order valence-corrected chi connectivity index (χ3v) is 3.75. The molecular formula is C16H25N3O2. The lowest BCUT2D eigenvalue weighted by Gasteiger charge is -2.21. The zero-order valence-corrected chi connectivity index (χ0v) is 12.9. The third-order valence-electron chi connectivity index (χ3n) is 3.75. The van der Waals surface area contributed by atoms with Crippen molar-refractivity contribution in [3.63, 3.8) is 0 Å². The van der Waals surface area contributed by atoms with E-state index in [0.29, 0.717) is 24.5 Å². The summed E-state index contributed by atoms with van der Waals surface area (Å²) in [6.45, 7) is 9.49. The van der Waals surface area contributed by atoms with Crippen molar-refractivity contribution in [2.75, 3.05) is 44.6 Å². The number of nitrogens with zero attached hydrogens (tertiary/aromatic N) is 1. The van der Waals surface area contributed by atoms with Gasteiger partial charge in [0.1, 0.15) is 6.61 Å². The molecular weight excluding hydrogens is 266 g/mol. The highest BCUT2D eigenvalue weighted by Gasteiger charge is 2.18. The molecule has 1 aliphatic rings. The van der Waals surface area contributed by atoms with Crippen LogP contribution in [-0.2, 0) is 0 Å².